The predicted octanol–water partition coefficient (Wildman–Crippen LogP) is 2.80. The highest BCUT2D eigenvalue weighted by molar-refractivity contribution is 5.76. The molecule has 168 valence electrons. The maximum Gasteiger partial charge on any atom is 0.409 e. The molecule has 3 heterocycles. The first-order chi connectivity index (χ1) is 14.5. The maximum absolute atomic E-state index is 12.0. The van der Waals surface area contributed by atoms with Crippen LogP contribution in [0.1, 0.15) is 51.1 Å². The lowest BCUT2D eigenvalue weighted by Gasteiger charge is -2.23. The van der Waals surface area contributed by atoms with E-state index in [9.17, 15) is 9.59 Å². The van der Waals surface area contributed by atoms with Crippen LogP contribution in [0.25, 0.3) is 11.0 Å². The summed E-state index contributed by atoms with van der Waals surface area (Å²) in [4.78, 5) is 27.7. The Bertz CT molecular complexity index is 833. The summed E-state index contributed by atoms with van der Waals surface area (Å²) in [5, 5.41) is 10.9. The molecule has 1 amide bonds. The van der Waals surface area contributed by atoms with E-state index in [-0.39, 0.29) is 18.4 Å². The summed E-state index contributed by atoms with van der Waals surface area (Å²) >= 11 is 0. The lowest BCUT2D eigenvalue weighted by Crippen LogP contribution is -2.33. The molecule has 0 atom stereocenters. The van der Waals surface area contributed by atoms with Crippen molar-refractivity contribution in [1.82, 2.24) is 19.8 Å². The van der Waals surface area contributed by atoms with E-state index < -0.39 is 0 Å². The summed E-state index contributed by atoms with van der Waals surface area (Å²) in [6.45, 7) is 10.0. The van der Waals surface area contributed by atoms with E-state index >= 15 is 0 Å². The van der Waals surface area contributed by atoms with E-state index in [1.807, 2.05) is 23.6 Å². The molecule has 8 heteroatoms. The number of imidazole rings is 1. The number of ether oxygens (including phenoxy) is 1. The minimum absolute atomic E-state index is 0.0255. The fourth-order valence-corrected chi connectivity index (χ4v) is 3.77. The first-order valence-electron chi connectivity index (χ1n) is 11.0. The number of carbonyl (C=O) groups is 1. The molecule has 8 nitrogen and oxygen atoms in total. The SMILES string of the molecule is CCO.CCOC(=O)N1CCCC1.Cc1ccc2[nH]c(=O)n(C3CCNCC3)c2c1. The normalized spacial score (nSPS) is 16.5. The topological polar surface area (TPSA) is 99.6 Å². The molecule has 0 bridgehead atoms. The van der Waals surface area contributed by atoms with Gasteiger partial charge in [0.05, 0.1) is 17.6 Å². The Morgan fingerprint density at radius 2 is 1.83 bits per heavy atom. The third-order valence-electron chi connectivity index (χ3n) is 5.18. The fraction of sp³-hybridized carbons (Fsp3) is 0.636. The molecule has 0 aliphatic carbocycles. The van der Waals surface area contributed by atoms with Crippen molar-refractivity contribution in [2.24, 2.45) is 0 Å². The Morgan fingerprint density at radius 3 is 2.43 bits per heavy atom. The zero-order valence-corrected chi connectivity index (χ0v) is 18.4. The molecule has 1 aromatic carbocycles. The molecule has 0 unspecified atom stereocenters. The number of aromatic nitrogens is 2. The third kappa shape index (κ3) is 6.60. The van der Waals surface area contributed by atoms with Crippen molar-refractivity contribution in [1.29, 1.82) is 0 Å². The molecule has 30 heavy (non-hydrogen) atoms. The summed E-state index contributed by atoms with van der Waals surface area (Å²) < 4.78 is 6.75. The van der Waals surface area contributed by atoms with Crippen LogP contribution in [0.15, 0.2) is 23.0 Å². The highest BCUT2D eigenvalue weighted by atomic mass is 16.6. The number of piperidine rings is 1. The molecule has 2 fully saturated rings. The fourth-order valence-electron chi connectivity index (χ4n) is 3.77. The van der Waals surface area contributed by atoms with Crippen molar-refractivity contribution < 1.29 is 14.6 Å². The van der Waals surface area contributed by atoms with Gasteiger partial charge in [0.1, 0.15) is 0 Å². The van der Waals surface area contributed by atoms with E-state index in [0.29, 0.717) is 12.6 Å². The monoisotopic (exact) mass is 420 g/mol. The number of aliphatic hydroxyl groups excluding tert-OH is 1. The minimum Gasteiger partial charge on any atom is -0.450 e. The van der Waals surface area contributed by atoms with Crippen LogP contribution in [-0.2, 0) is 4.74 Å². The Labute approximate surface area is 178 Å². The van der Waals surface area contributed by atoms with Gasteiger partial charge in [0.2, 0.25) is 0 Å². The van der Waals surface area contributed by atoms with Crippen LogP contribution >= 0.6 is 0 Å². The van der Waals surface area contributed by atoms with Crippen molar-refractivity contribution >= 4 is 17.1 Å². The second-order valence-electron chi connectivity index (χ2n) is 7.51. The summed E-state index contributed by atoms with van der Waals surface area (Å²) in [7, 11) is 0. The van der Waals surface area contributed by atoms with E-state index in [2.05, 4.69) is 23.3 Å². The number of likely N-dealkylation sites (tertiary alicyclic amines) is 1. The van der Waals surface area contributed by atoms with Crippen LogP contribution in [-0.4, -0.2) is 65.0 Å². The van der Waals surface area contributed by atoms with Crippen molar-refractivity contribution in [3.05, 3.63) is 34.2 Å². The second-order valence-corrected chi connectivity index (χ2v) is 7.51. The summed E-state index contributed by atoms with van der Waals surface area (Å²) in [5.74, 6) is 0. The van der Waals surface area contributed by atoms with Gasteiger partial charge in [-0.15, -0.1) is 0 Å². The summed E-state index contributed by atoms with van der Waals surface area (Å²) in [6, 6.07) is 6.45. The molecular formula is C22H36N4O4. The molecule has 2 saturated heterocycles. The zero-order chi connectivity index (χ0) is 21.9. The molecule has 4 rings (SSSR count). The van der Waals surface area contributed by atoms with Gasteiger partial charge in [-0.3, -0.25) is 4.57 Å². The Kier molecular flexibility index (Phi) is 9.89. The standard InChI is InChI=1S/C13H17N3O.C7H13NO2.C2H6O/c1-9-2-3-11-12(8-9)16(13(17)15-11)10-4-6-14-7-5-10;1-2-10-7(9)8-5-3-4-6-8;1-2-3/h2-3,8,10,14H,4-7H2,1H3,(H,15,17);2-6H2,1H3;3H,2H2,1H3. The first kappa shape index (κ1) is 24.0. The average molecular weight is 421 g/mol. The first-order valence-corrected chi connectivity index (χ1v) is 11.0. The number of rotatable bonds is 2. The van der Waals surface area contributed by atoms with Crippen molar-refractivity contribution in [2.45, 2.75) is 52.5 Å². The van der Waals surface area contributed by atoms with Gasteiger partial charge in [0.25, 0.3) is 0 Å². The van der Waals surface area contributed by atoms with Crippen molar-refractivity contribution in [3.8, 4) is 0 Å². The quantitative estimate of drug-likeness (QED) is 0.694. The van der Waals surface area contributed by atoms with E-state index in [0.717, 1.165) is 62.9 Å². The third-order valence-corrected chi connectivity index (χ3v) is 5.18. The largest absolute Gasteiger partial charge is 0.450 e. The highest BCUT2D eigenvalue weighted by Gasteiger charge is 2.19. The molecule has 2 aromatic rings. The number of fused-ring (bicyclic) bond motifs is 1. The number of amides is 1. The van der Waals surface area contributed by atoms with Crippen LogP contribution < -0.4 is 11.0 Å². The number of benzene rings is 1. The maximum atomic E-state index is 12.0. The molecular weight excluding hydrogens is 384 g/mol. The Morgan fingerprint density at radius 1 is 1.20 bits per heavy atom. The van der Waals surface area contributed by atoms with Crippen LogP contribution in [0.4, 0.5) is 4.79 Å². The number of aryl methyl sites for hydroxylation is 1. The van der Waals surface area contributed by atoms with Crippen LogP contribution in [0, 0.1) is 6.92 Å². The minimum atomic E-state index is -0.153. The average Bonchev–Trinajstić information content (AvgIpc) is 3.37. The van der Waals surface area contributed by atoms with Crippen LogP contribution in [0.2, 0.25) is 0 Å². The van der Waals surface area contributed by atoms with Crippen molar-refractivity contribution in [2.75, 3.05) is 39.4 Å². The number of hydrogen-bond donors (Lipinski definition) is 3. The second kappa shape index (κ2) is 12.4. The van der Waals surface area contributed by atoms with Gasteiger partial charge in [-0.2, -0.15) is 0 Å². The number of aromatic amines is 1. The molecule has 0 saturated carbocycles. The summed E-state index contributed by atoms with van der Waals surface area (Å²) in [6.07, 6.45) is 4.15. The van der Waals surface area contributed by atoms with Gasteiger partial charge < -0.3 is 25.0 Å². The van der Waals surface area contributed by atoms with Gasteiger partial charge in [0, 0.05) is 25.7 Å². The van der Waals surface area contributed by atoms with E-state index in [4.69, 9.17) is 9.84 Å². The predicted molar refractivity (Wildman–Crippen MR) is 119 cm³/mol. The number of aliphatic hydroxyl groups is 1. The molecule has 0 spiro atoms. The zero-order valence-electron chi connectivity index (χ0n) is 18.4. The van der Waals surface area contributed by atoms with Crippen molar-refractivity contribution in [3.63, 3.8) is 0 Å². The number of carbonyl (C=O) groups excluding carboxylic acids is 1. The van der Waals surface area contributed by atoms with E-state index in [1.165, 1.54) is 5.56 Å². The van der Waals surface area contributed by atoms with Gasteiger partial charge in [-0.1, -0.05) is 6.07 Å². The van der Waals surface area contributed by atoms with Gasteiger partial charge in [-0.25, -0.2) is 9.59 Å². The van der Waals surface area contributed by atoms with Gasteiger partial charge >= 0.3 is 11.8 Å². The lowest BCUT2D eigenvalue weighted by atomic mass is 10.1. The smallest absolute Gasteiger partial charge is 0.409 e. The molecule has 3 N–H and O–H groups in total. The number of nitrogens with one attached hydrogen (secondary N) is 2. The number of hydrogen-bond acceptors (Lipinski definition) is 5. The van der Waals surface area contributed by atoms with Crippen LogP contribution in [0.5, 0.6) is 0 Å². The van der Waals surface area contributed by atoms with Gasteiger partial charge in [-0.05, 0) is 77.2 Å². The Balaban J connectivity index is 0.000000210. The highest BCUT2D eigenvalue weighted by Crippen LogP contribution is 2.22. The van der Waals surface area contributed by atoms with Gasteiger partial charge in [0.15, 0.2) is 0 Å². The molecule has 1 aromatic heterocycles. The summed E-state index contributed by atoms with van der Waals surface area (Å²) in [5.41, 5.74) is 3.21. The van der Waals surface area contributed by atoms with Crippen LogP contribution in [0.3, 0.4) is 0 Å². The lowest BCUT2D eigenvalue weighted by molar-refractivity contribution is 0.116. The molecule has 2 aliphatic rings. The number of nitrogens with zero attached hydrogens (tertiary/aromatic N) is 2. The molecule has 0 radical (unpaired) electrons. The Hall–Kier alpha value is -2.32. The number of H-pyrrole nitrogens is 1. The molecule has 2 aliphatic heterocycles. The van der Waals surface area contributed by atoms with E-state index in [1.54, 1.807) is 11.8 Å².